The molecular formula is C27H35FN2O6. The maximum atomic E-state index is 13.5. The molecular weight excluding hydrogens is 467 g/mol. The average molecular weight is 503 g/mol. The van der Waals surface area contributed by atoms with Crippen LogP contribution < -0.4 is 14.8 Å². The molecule has 0 saturated carbocycles. The number of carbonyl (C=O) groups excluding carboxylic acids is 3. The van der Waals surface area contributed by atoms with Gasteiger partial charge >= 0.3 is 11.9 Å². The van der Waals surface area contributed by atoms with Crippen LogP contribution in [0.15, 0.2) is 30.5 Å². The molecule has 0 fully saturated rings. The number of methoxy groups -OCH3 is 1. The Morgan fingerprint density at radius 3 is 2.22 bits per heavy atom. The van der Waals surface area contributed by atoms with E-state index in [1.54, 1.807) is 47.6 Å². The fourth-order valence-corrected chi connectivity index (χ4v) is 3.54. The summed E-state index contributed by atoms with van der Waals surface area (Å²) in [5.41, 5.74) is 1.43. The van der Waals surface area contributed by atoms with Crippen LogP contribution in [0, 0.1) is 24.6 Å². The Labute approximate surface area is 211 Å². The minimum atomic E-state index is -0.997. The van der Waals surface area contributed by atoms with Gasteiger partial charge in [0.15, 0.2) is 11.4 Å². The number of pyridine rings is 1. The summed E-state index contributed by atoms with van der Waals surface area (Å²) in [6.45, 7) is 12.3. The summed E-state index contributed by atoms with van der Waals surface area (Å²) in [6, 6.07) is 4.95. The van der Waals surface area contributed by atoms with Gasteiger partial charge in [-0.15, -0.1) is 0 Å². The van der Waals surface area contributed by atoms with E-state index in [0.29, 0.717) is 0 Å². The third-order valence-electron chi connectivity index (χ3n) is 5.91. The number of esters is 2. The normalized spacial score (nSPS) is 13.6. The topological polar surface area (TPSA) is 104 Å². The zero-order chi connectivity index (χ0) is 27.2. The summed E-state index contributed by atoms with van der Waals surface area (Å²) in [5.74, 6) is -3.17. The SMILES string of the molecule is COc1ccnc(C(=O)N[C@H](C(=O)O[C@H](C)[C@H](C)c2ccc(F)cc2C)C(C)C)c1OC(=O)C(C)C. The van der Waals surface area contributed by atoms with Crippen molar-refractivity contribution in [2.45, 2.75) is 66.5 Å². The Bertz CT molecular complexity index is 1100. The zero-order valence-corrected chi connectivity index (χ0v) is 22.0. The lowest BCUT2D eigenvalue weighted by atomic mass is 9.92. The number of nitrogens with zero attached hydrogens (tertiary/aromatic N) is 1. The summed E-state index contributed by atoms with van der Waals surface area (Å²) in [6.07, 6.45) is 0.801. The molecule has 0 unspecified atom stereocenters. The first-order chi connectivity index (χ1) is 16.9. The summed E-state index contributed by atoms with van der Waals surface area (Å²) in [7, 11) is 1.38. The van der Waals surface area contributed by atoms with Crippen molar-refractivity contribution in [1.29, 1.82) is 0 Å². The fourth-order valence-electron chi connectivity index (χ4n) is 3.54. The predicted molar refractivity (Wildman–Crippen MR) is 132 cm³/mol. The Kier molecular flexibility index (Phi) is 9.95. The number of carbonyl (C=O) groups is 3. The van der Waals surface area contributed by atoms with Crippen LogP contribution >= 0.6 is 0 Å². The molecule has 1 amide bonds. The molecule has 196 valence electrons. The minimum Gasteiger partial charge on any atom is -0.493 e. The standard InChI is InChI=1S/C27H35FN2O6/c1-14(2)22(27(33)35-18(7)17(6)20-10-9-19(28)13-16(20)5)30-25(31)23-24(36-26(32)15(3)4)21(34-8)11-12-29-23/h9-15,17-18,22H,1-8H3,(H,30,31)/t17-,18+,22-/m0/s1. The number of ether oxygens (including phenoxy) is 3. The molecule has 0 saturated heterocycles. The molecule has 1 aromatic carbocycles. The number of aryl methyl sites for hydroxylation is 1. The van der Waals surface area contributed by atoms with Crippen molar-refractivity contribution >= 4 is 17.8 Å². The van der Waals surface area contributed by atoms with E-state index < -0.39 is 35.9 Å². The van der Waals surface area contributed by atoms with Crippen LogP contribution in [-0.4, -0.2) is 42.1 Å². The summed E-state index contributed by atoms with van der Waals surface area (Å²) < 4.78 is 29.8. The number of hydrogen-bond acceptors (Lipinski definition) is 7. The molecule has 0 bridgehead atoms. The molecule has 1 N–H and O–H groups in total. The first-order valence-electron chi connectivity index (χ1n) is 11.9. The summed E-state index contributed by atoms with van der Waals surface area (Å²) >= 11 is 0. The molecule has 3 atom stereocenters. The largest absolute Gasteiger partial charge is 0.493 e. The van der Waals surface area contributed by atoms with E-state index in [0.717, 1.165) is 11.1 Å². The Morgan fingerprint density at radius 2 is 1.67 bits per heavy atom. The Balaban J connectivity index is 2.23. The third kappa shape index (κ3) is 7.02. The molecule has 2 aromatic rings. The molecule has 0 spiro atoms. The van der Waals surface area contributed by atoms with Crippen LogP contribution in [0.25, 0.3) is 0 Å². The molecule has 9 heteroatoms. The van der Waals surface area contributed by atoms with Gasteiger partial charge in [-0.1, -0.05) is 40.7 Å². The Hall–Kier alpha value is -3.49. The molecule has 8 nitrogen and oxygen atoms in total. The first-order valence-corrected chi connectivity index (χ1v) is 11.9. The number of rotatable bonds is 10. The maximum absolute atomic E-state index is 13.5. The summed E-state index contributed by atoms with van der Waals surface area (Å²) in [4.78, 5) is 42.5. The second-order valence-corrected chi connectivity index (χ2v) is 9.39. The van der Waals surface area contributed by atoms with Crippen LogP contribution in [0.5, 0.6) is 11.5 Å². The Morgan fingerprint density at radius 1 is 1.00 bits per heavy atom. The maximum Gasteiger partial charge on any atom is 0.329 e. The van der Waals surface area contributed by atoms with Gasteiger partial charge in [0.1, 0.15) is 18.0 Å². The third-order valence-corrected chi connectivity index (χ3v) is 5.91. The van der Waals surface area contributed by atoms with Gasteiger partial charge in [-0.3, -0.25) is 9.59 Å². The van der Waals surface area contributed by atoms with E-state index in [9.17, 15) is 18.8 Å². The summed E-state index contributed by atoms with van der Waals surface area (Å²) in [5, 5.41) is 2.66. The zero-order valence-electron chi connectivity index (χ0n) is 22.0. The van der Waals surface area contributed by atoms with E-state index in [1.807, 2.05) is 6.92 Å². The number of halogens is 1. The van der Waals surface area contributed by atoms with Crippen molar-refractivity contribution in [1.82, 2.24) is 10.3 Å². The lowest BCUT2D eigenvalue weighted by Gasteiger charge is -2.27. The van der Waals surface area contributed by atoms with Crippen molar-refractivity contribution in [3.8, 4) is 11.5 Å². The van der Waals surface area contributed by atoms with Crippen molar-refractivity contribution in [3.05, 3.63) is 53.1 Å². The van der Waals surface area contributed by atoms with Crippen LogP contribution in [0.1, 0.15) is 69.1 Å². The molecule has 0 aliphatic heterocycles. The second-order valence-electron chi connectivity index (χ2n) is 9.39. The average Bonchev–Trinajstić information content (AvgIpc) is 2.81. The lowest BCUT2D eigenvalue weighted by molar-refractivity contribution is -0.152. The van der Waals surface area contributed by atoms with Crippen LogP contribution in [0.3, 0.4) is 0 Å². The highest BCUT2D eigenvalue weighted by Gasteiger charge is 2.32. The molecule has 1 aromatic heterocycles. The number of benzene rings is 1. The van der Waals surface area contributed by atoms with Crippen molar-refractivity contribution < 1.29 is 33.0 Å². The van der Waals surface area contributed by atoms with Gasteiger partial charge < -0.3 is 19.5 Å². The number of hydrogen-bond donors (Lipinski definition) is 1. The highest BCUT2D eigenvalue weighted by molar-refractivity contribution is 5.99. The number of nitrogens with one attached hydrogen (secondary N) is 1. The molecule has 0 radical (unpaired) electrons. The van der Waals surface area contributed by atoms with Gasteiger partial charge in [0.25, 0.3) is 5.91 Å². The van der Waals surface area contributed by atoms with E-state index in [2.05, 4.69) is 10.3 Å². The van der Waals surface area contributed by atoms with E-state index in [4.69, 9.17) is 14.2 Å². The minimum absolute atomic E-state index is 0.124. The van der Waals surface area contributed by atoms with Crippen molar-refractivity contribution in [3.63, 3.8) is 0 Å². The van der Waals surface area contributed by atoms with E-state index in [1.165, 1.54) is 31.5 Å². The number of aromatic nitrogens is 1. The second kappa shape index (κ2) is 12.5. The quantitative estimate of drug-likeness (QED) is 0.474. The molecule has 1 heterocycles. The van der Waals surface area contributed by atoms with E-state index in [-0.39, 0.29) is 34.8 Å². The van der Waals surface area contributed by atoms with Gasteiger partial charge in [-0.2, -0.15) is 0 Å². The van der Waals surface area contributed by atoms with Gasteiger partial charge in [0.05, 0.1) is 13.0 Å². The van der Waals surface area contributed by atoms with E-state index >= 15 is 0 Å². The molecule has 0 aliphatic rings. The molecule has 2 rings (SSSR count). The van der Waals surface area contributed by atoms with Crippen LogP contribution in [0.4, 0.5) is 4.39 Å². The van der Waals surface area contributed by atoms with Gasteiger partial charge in [0.2, 0.25) is 5.75 Å². The first kappa shape index (κ1) is 28.7. The highest BCUT2D eigenvalue weighted by Crippen LogP contribution is 2.31. The fraction of sp³-hybridized carbons (Fsp3) is 0.481. The van der Waals surface area contributed by atoms with Crippen molar-refractivity contribution in [2.24, 2.45) is 11.8 Å². The van der Waals surface area contributed by atoms with Crippen molar-refractivity contribution in [2.75, 3.05) is 7.11 Å². The highest BCUT2D eigenvalue weighted by atomic mass is 19.1. The van der Waals surface area contributed by atoms with Gasteiger partial charge in [-0.05, 0) is 43.0 Å². The van der Waals surface area contributed by atoms with Gasteiger partial charge in [-0.25, -0.2) is 14.2 Å². The lowest BCUT2D eigenvalue weighted by Crippen LogP contribution is -2.46. The van der Waals surface area contributed by atoms with Crippen LogP contribution in [0.2, 0.25) is 0 Å². The monoisotopic (exact) mass is 502 g/mol. The smallest absolute Gasteiger partial charge is 0.329 e. The predicted octanol–water partition coefficient (Wildman–Crippen LogP) is 4.59. The molecule has 0 aliphatic carbocycles. The van der Waals surface area contributed by atoms with Crippen LogP contribution in [-0.2, 0) is 14.3 Å². The molecule has 36 heavy (non-hydrogen) atoms. The van der Waals surface area contributed by atoms with Gasteiger partial charge in [0, 0.05) is 18.2 Å². The number of amides is 1.